The number of hydrogen-bond acceptors (Lipinski definition) is 3. The average molecular weight is 369 g/mol. The van der Waals surface area contributed by atoms with Gasteiger partial charge < -0.3 is 4.74 Å². The highest BCUT2D eigenvalue weighted by molar-refractivity contribution is 5.78. The first-order valence-electron chi connectivity index (χ1n) is 9.60. The molecule has 140 valence electrons. The predicted octanol–water partition coefficient (Wildman–Crippen LogP) is 5.55. The normalized spacial score (nSPS) is 11.4. The summed E-state index contributed by atoms with van der Waals surface area (Å²) in [6.45, 7) is 4.81. The SMILES string of the molecule is CCOc1ccc(-n2cnc3cc(C=Cc4ccc(CC)cc4)cnc32)cc1. The molecule has 0 saturated heterocycles. The van der Waals surface area contributed by atoms with Crippen LogP contribution in [0.25, 0.3) is 29.0 Å². The van der Waals surface area contributed by atoms with Crippen molar-refractivity contribution in [3.05, 3.63) is 83.8 Å². The standard InChI is InChI=1S/C24H23N3O/c1-3-18-5-7-19(8-6-18)9-10-20-15-23-24(25-16-20)27(17-26-23)21-11-13-22(14-12-21)28-4-2/h5-17H,3-4H2,1-2H3. The van der Waals surface area contributed by atoms with Crippen LogP contribution in [0.2, 0.25) is 0 Å². The first kappa shape index (κ1) is 18.0. The van der Waals surface area contributed by atoms with Crippen LogP contribution < -0.4 is 4.74 Å². The summed E-state index contributed by atoms with van der Waals surface area (Å²) in [5.41, 5.74) is 6.28. The number of ether oxygens (including phenoxy) is 1. The van der Waals surface area contributed by atoms with E-state index in [-0.39, 0.29) is 0 Å². The number of benzene rings is 2. The van der Waals surface area contributed by atoms with Crippen LogP contribution in [0.5, 0.6) is 5.75 Å². The molecule has 0 spiro atoms. The molecule has 0 fully saturated rings. The molecule has 0 aliphatic rings. The lowest BCUT2D eigenvalue weighted by atomic mass is 10.1. The molecule has 28 heavy (non-hydrogen) atoms. The predicted molar refractivity (Wildman–Crippen MR) is 115 cm³/mol. The molecule has 0 radical (unpaired) electrons. The van der Waals surface area contributed by atoms with Gasteiger partial charge in [0.1, 0.15) is 17.6 Å². The van der Waals surface area contributed by atoms with Crippen molar-refractivity contribution in [2.45, 2.75) is 20.3 Å². The fourth-order valence-electron chi connectivity index (χ4n) is 3.12. The van der Waals surface area contributed by atoms with Crippen LogP contribution in [-0.4, -0.2) is 21.1 Å². The topological polar surface area (TPSA) is 39.9 Å². The minimum atomic E-state index is 0.661. The number of nitrogens with zero attached hydrogens (tertiary/aromatic N) is 3. The third kappa shape index (κ3) is 3.81. The summed E-state index contributed by atoms with van der Waals surface area (Å²) >= 11 is 0. The molecule has 0 N–H and O–H groups in total. The molecule has 0 atom stereocenters. The number of hydrogen-bond donors (Lipinski definition) is 0. The second-order valence-electron chi connectivity index (χ2n) is 6.58. The first-order valence-corrected chi connectivity index (χ1v) is 9.60. The summed E-state index contributed by atoms with van der Waals surface area (Å²) in [6, 6.07) is 18.6. The van der Waals surface area contributed by atoms with Crippen LogP contribution >= 0.6 is 0 Å². The van der Waals surface area contributed by atoms with Gasteiger partial charge in [-0.1, -0.05) is 43.3 Å². The van der Waals surface area contributed by atoms with E-state index in [9.17, 15) is 0 Å². The van der Waals surface area contributed by atoms with E-state index in [2.05, 4.69) is 59.4 Å². The van der Waals surface area contributed by atoms with Crippen molar-refractivity contribution >= 4 is 23.3 Å². The fourth-order valence-corrected chi connectivity index (χ4v) is 3.12. The van der Waals surface area contributed by atoms with Gasteiger partial charge in [0.25, 0.3) is 0 Å². The van der Waals surface area contributed by atoms with Crippen molar-refractivity contribution in [3.63, 3.8) is 0 Å². The van der Waals surface area contributed by atoms with E-state index in [0.29, 0.717) is 6.61 Å². The summed E-state index contributed by atoms with van der Waals surface area (Å²) in [6.07, 6.45) is 8.92. The van der Waals surface area contributed by atoms with Gasteiger partial charge in [0.05, 0.1) is 6.61 Å². The Morgan fingerprint density at radius 1 is 0.893 bits per heavy atom. The largest absolute Gasteiger partial charge is 0.494 e. The minimum absolute atomic E-state index is 0.661. The number of pyridine rings is 1. The van der Waals surface area contributed by atoms with Crippen molar-refractivity contribution in [2.75, 3.05) is 6.61 Å². The fraction of sp³-hybridized carbons (Fsp3) is 0.167. The van der Waals surface area contributed by atoms with Crippen LogP contribution in [0.1, 0.15) is 30.5 Å². The van der Waals surface area contributed by atoms with Gasteiger partial charge in [0.15, 0.2) is 5.65 Å². The Bertz CT molecular complexity index is 1090. The smallest absolute Gasteiger partial charge is 0.164 e. The Morgan fingerprint density at radius 3 is 2.36 bits per heavy atom. The van der Waals surface area contributed by atoms with Gasteiger partial charge in [-0.25, -0.2) is 9.97 Å². The molecule has 4 rings (SSSR count). The minimum Gasteiger partial charge on any atom is -0.494 e. The van der Waals surface area contributed by atoms with Crippen molar-refractivity contribution in [1.82, 2.24) is 14.5 Å². The van der Waals surface area contributed by atoms with Crippen molar-refractivity contribution in [2.24, 2.45) is 0 Å². The van der Waals surface area contributed by atoms with Gasteiger partial charge >= 0.3 is 0 Å². The lowest BCUT2D eigenvalue weighted by Crippen LogP contribution is -1.95. The molecule has 2 aromatic heterocycles. The van der Waals surface area contributed by atoms with Gasteiger partial charge in [0.2, 0.25) is 0 Å². The second-order valence-corrected chi connectivity index (χ2v) is 6.58. The zero-order valence-electron chi connectivity index (χ0n) is 16.2. The molecule has 0 amide bonds. The maximum absolute atomic E-state index is 5.51. The van der Waals surface area contributed by atoms with Crippen LogP contribution in [-0.2, 0) is 6.42 Å². The molecular weight excluding hydrogens is 346 g/mol. The lowest BCUT2D eigenvalue weighted by Gasteiger charge is -2.06. The van der Waals surface area contributed by atoms with Gasteiger partial charge in [-0.3, -0.25) is 4.57 Å². The molecule has 0 bridgehead atoms. The van der Waals surface area contributed by atoms with Gasteiger partial charge in [-0.2, -0.15) is 0 Å². The maximum Gasteiger partial charge on any atom is 0.164 e. The second kappa shape index (κ2) is 8.09. The van der Waals surface area contributed by atoms with Gasteiger partial charge in [0, 0.05) is 11.9 Å². The zero-order chi connectivity index (χ0) is 19.3. The maximum atomic E-state index is 5.51. The monoisotopic (exact) mass is 369 g/mol. The third-order valence-corrected chi connectivity index (χ3v) is 4.69. The van der Waals surface area contributed by atoms with Crippen molar-refractivity contribution in [3.8, 4) is 11.4 Å². The number of imidazole rings is 1. The Labute approximate surface area is 165 Å². The third-order valence-electron chi connectivity index (χ3n) is 4.69. The number of aryl methyl sites for hydroxylation is 1. The highest BCUT2D eigenvalue weighted by Gasteiger charge is 2.07. The molecule has 0 aliphatic heterocycles. The Balaban J connectivity index is 1.57. The average Bonchev–Trinajstić information content (AvgIpc) is 3.17. The molecule has 0 saturated carbocycles. The molecule has 2 aromatic carbocycles. The Morgan fingerprint density at radius 2 is 1.64 bits per heavy atom. The summed E-state index contributed by atoms with van der Waals surface area (Å²) in [7, 11) is 0. The van der Waals surface area contributed by atoms with E-state index in [0.717, 1.165) is 34.6 Å². The molecule has 4 aromatic rings. The van der Waals surface area contributed by atoms with Crippen LogP contribution in [0, 0.1) is 0 Å². The van der Waals surface area contributed by atoms with Gasteiger partial charge in [-0.15, -0.1) is 0 Å². The van der Waals surface area contributed by atoms with E-state index >= 15 is 0 Å². The molecule has 4 nitrogen and oxygen atoms in total. The van der Waals surface area contributed by atoms with Gasteiger partial charge in [-0.05, 0) is 60.4 Å². The van der Waals surface area contributed by atoms with E-state index in [1.165, 1.54) is 11.1 Å². The summed E-state index contributed by atoms with van der Waals surface area (Å²) < 4.78 is 7.50. The van der Waals surface area contributed by atoms with Crippen molar-refractivity contribution < 1.29 is 4.74 Å². The van der Waals surface area contributed by atoms with Crippen LogP contribution in [0.3, 0.4) is 0 Å². The number of rotatable bonds is 6. The van der Waals surface area contributed by atoms with E-state index in [4.69, 9.17) is 4.74 Å². The lowest BCUT2D eigenvalue weighted by molar-refractivity contribution is 0.340. The Hall–Kier alpha value is -3.40. The highest BCUT2D eigenvalue weighted by atomic mass is 16.5. The molecule has 2 heterocycles. The van der Waals surface area contributed by atoms with Crippen LogP contribution in [0.15, 0.2) is 67.1 Å². The van der Waals surface area contributed by atoms with E-state index < -0.39 is 0 Å². The number of fused-ring (bicyclic) bond motifs is 1. The van der Waals surface area contributed by atoms with Crippen LogP contribution in [0.4, 0.5) is 0 Å². The molecule has 0 aliphatic carbocycles. The molecule has 0 unspecified atom stereocenters. The van der Waals surface area contributed by atoms with Crippen molar-refractivity contribution in [1.29, 1.82) is 0 Å². The zero-order valence-corrected chi connectivity index (χ0v) is 16.2. The summed E-state index contributed by atoms with van der Waals surface area (Å²) in [5.74, 6) is 0.864. The first-order chi connectivity index (χ1) is 13.8. The molecule has 4 heteroatoms. The highest BCUT2D eigenvalue weighted by Crippen LogP contribution is 2.21. The molecular formula is C24H23N3O. The quantitative estimate of drug-likeness (QED) is 0.447. The number of aromatic nitrogens is 3. The van der Waals surface area contributed by atoms with E-state index in [1.807, 2.05) is 48.3 Å². The Kier molecular flexibility index (Phi) is 5.20. The summed E-state index contributed by atoms with van der Waals surface area (Å²) in [4.78, 5) is 9.16. The van der Waals surface area contributed by atoms with E-state index in [1.54, 1.807) is 0 Å². The summed E-state index contributed by atoms with van der Waals surface area (Å²) in [5, 5.41) is 0.